The summed E-state index contributed by atoms with van der Waals surface area (Å²) in [5.74, 6) is -1.65. The second kappa shape index (κ2) is 6.52. The first-order valence-electron chi connectivity index (χ1n) is 7.02. The number of amides is 1. The standard InChI is InChI=1S/C16H18FNO3/c1-2-3-11-9-14(11)18-16(21)12-6-4-10(8-13(12)17)5-7-15(19)20/h4-8,11,14H,2-3,9H2,1H3,(H,18,21)(H,19,20)/b7-5+. The fraction of sp³-hybridized carbons (Fsp3) is 0.375. The molecule has 2 N–H and O–H groups in total. The number of hydrogen-bond donors (Lipinski definition) is 2. The van der Waals surface area contributed by atoms with E-state index in [0.29, 0.717) is 11.5 Å². The maximum Gasteiger partial charge on any atom is 0.328 e. The first kappa shape index (κ1) is 15.2. The molecule has 1 aliphatic carbocycles. The third-order valence-corrected chi connectivity index (χ3v) is 3.55. The molecule has 4 nitrogen and oxygen atoms in total. The predicted octanol–water partition coefficient (Wildman–Crippen LogP) is 2.84. The van der Waals surface area contributed by atoms with E-state index >= 15 is 0 Å². The molecule has 21 heavy (non-hydrogen) atoms. The molecule has 1 aromatic carbocycles. The smallest absolute Gasteiger partial charge is 0.328 e. The highest BCUT2D eigenvalue weighted by atomic mass is 19.1. The predicted molar refractivity (Wildman–Crippen MR) is 77.3 cm³/mol. The number of nitrogens with one attached hydrogen (secondary N) is 1. The summed E-state index contributed by atoms with van der Waals surface area (Å²) >= 11 is 0. The summed E-state index contributed by atoms with van der Waals surface area (Å²) in [5, 5.41) is 11.3. The lowest BCUT2D eigenvalue weighted by Crippen LogP contribution is -2.27. The van der Waals surface area contributed by atoms with Gasteiger partial charge in [-0.1, -0.05) is 19.4 Å². The van der Waals surface area contributed by atoms with Gasteiger partial charge in [0.05, 0.1) is 5.56 Å². The number of rotatable bonds is 6. The van der Waals surface area contributed by atoms with Crippen LogP contribution in [0.5, 0.6) is 0 Å². The number of carboxylic acid groups (broad SMARTS) is 1. The molecule has 2 atom stereocenters. The Kier molecular flexibility index (Phi) is 4.73. The molecule has 5 heteroatoms. The van der Waals surface area contributed by atoms with Crippen molar-refractivity contribution in [3.8, 4) is 0 Å². The van der Waals surface area contributed by atoms with Gasteiger partial charge in [0.25, 0.3) is 5.91 Å². The molecule has 1 aliphatic rings. The molecule has 2 rings (SSSR count). The third-order valence-electron chi connectivity index (χ3n) is 3.55. The van der Waals surface area contributed by atoms with E-state index in [4.69, 9.17) is 5.11 Å². The maximum absolute atomic E-state index is 13.9. The summed E-state index contributed by atoms with van der Waals surface area (Å²) in [5.41, 5.74) is 0.395. The van der Waals surface area contributed by atoms with E-state index in [9.17, 15) is 14.0 Å². The van der Waals surface area contributed by atoms with Gasteiger partial charge in [-0.3, -0.25) is 4.79 Å². The second-order valence-corrected chi connectivity index (χ2v) is 5.28. The van der Waals surface area contributed by atoms with Crippen LogP contribution in [0.3, 0.4) is 0 Å². The van der Waals surface area contributed by atoms with Crippen molar-refractivity contribution >= 4 is 18.0 Å². The number of hydrogen-bond acceptors (Lipinski definition) is 2. The Morgan fingerprint density at radius 2 is 2.24 bits per heavy atom. The first-order chi connectivity index (χ1) is 10.0. The number of carboxylic acids is 1. The SMILES string of the molecule is CCCC1CC1NC(=O)c1ccc(/C=C/C(=O)O)cc1F. The van der Waals surface area contributed by atoms with Crippen LogP contribution in [0.2, 0.25) is 0 Å². The van der Waals surface area contributed by atoms with Gasteiger partial charge in [0.2, 0.25) is 0 Å². The molecule has 0 heterocycles. The van der Waals surface area contributed by atoms with Crippen LogP contribution in [-0.4, -0.2) is 23.0 Å². The number of carbonyl (C=O) groups excluding carboxylic acids is 1. The Balaban J connectivity index is 2.00. The van der Waals surface area contributed by atoms with Gasteiger partial charge in [0, 0.05) is 12.1 Å². The van der Waals surface area contributed by atoms with Crippen molar-refractivity contribution in [1.82, 2.24) is 5.32 Å². The number of carbonyl (C=O) groups is 2. The Hall–Kier alpha value is -2.17. The van der Waals surface area contributed by atoms with Crippen LogP contribution in [0.25, 0.3) is 6.08 Å². The maximum atomic E-state index is 13.9. The number of aliphatic carboxylic acids is 1. The Labute approximate surface area is 122 Å². The third kappa shape index (κ3) is 4.15. The molecule has 0 spiro atoms. The van der Waals surface area contributed by atoms with Crippen molar-refractivity contribution in [3.05, 3.63) is 41.2 Å². The molecule has 1 aromatic rings. The zero-order valence-corrected chi connectivity index (χ0v) is 11.8. The van der Waals surface area contributed by atoms with Crippen LogP contribution in [-0.2, 0) is 4.79 Å². The van der Waals surface area contributed by atoms with Crippen LogP contribution in [0.4, 0.5) is 4.39 Å². The summed E-state index contributed by atoms with van der Waals surface area (Å²) in [4.78, 5) is 22.4. The van der Waals surface area contributed by atoms with Gasteiger partial charge in [-0.15, -0.1) is 0 Å². The average molecular weight is 291 g/mol. The van der Waals surface area contributed by atoms with Gasteiger partial charge < -0.3 is 10.4 Å². The minimum Gasteiger partial charge on any atom is -0.478 e. The molecule has 0 bridgehead atoms. The quantitative estimate of drug-likeness (QED) is 0.792. The molecular formula is C16H18FNO3. The number of halogens is 1. The number of benzene rings is 1. The van der Waals surface area contributed by atoms with Gasteiger partial charge in [-0.05, 0) is 42.5 Å². The largest absolute Gasteiger partial charge is 0.478 e. The summed E-state index contributed by atoms with van der Waals surface area (Å²) in [6.07, 6.45) is 5.32. The zero-order valence-electron chi connectivity index (χ0n) is 11.8. The van der Waals surface area contributed by atoms with Crippen molar-refractivity contribution in [3.63, 3.8) is 0 Å². The van der Waals surface area contributed by atoms with Gasteiger partial charge in [0.15, 0.2) is 0 Å². The van der Waals surface area contributed by atoms with Gasteiger partial charge in [-0.2, -0.15) is 0 Å². The fourth-order valence-corrected chi connectivity index (χ4v) is 2.35. The molecular weight excluding hydrogens is 273 g/mol. The van der Waals surface area contributed by atoms with Crippen molar-refractivity contribution < 1.29 is 19.1 Å². The van der Waals surface area contributed by atoms with E-state index in [0.717, 1.165) is 31.4 Å². The van der Waals surface area contributed by atoms with Gasteiger partial charge >= 0.3 is 5.97 Å². The average Bonchev–Trinajstić information content (AvgIpc) is 3.14. The van der Waals surface area contributed by atoms with E-state index < -0.39 is 17.7 Å². The van der Waals surface area contributed by atoms with E-state index in [2.05, 4.69) is 12.2 Å². The lowest BCUT2D eigenvalue weighted by Gasteiger charge is -2.06. The Morgan fingerprint density at radius 1 is 1.48 bits per heavy atom. The molecule has 0 aliphatic heterocycles. The molecule has 0 saturated heterocycles. The van der Waals surface area contributed by atoms with E-state index in [1.807, 2.05) is 0 Å². The minimum absolute atomic E-state index is 0.00961. The summed E-state index contributed by atoms with van der Waals surface area (Å²) in [6, 6.07) is 4.21. The highest BCUT2D eigenvalue weighted by Gasteiger charge is 2.37. The molecule has 1 fully saturated rings. The summed E-state index contributed by atoms with van der Waals surface area (Å²) in [6.45, 7) is 2.10. The van der Waals surface area contributed by atoms with E-state index in [1.54, 1.807) is 0 Å². The second-order valence-electron chi connectivity index (χ2n) is 5.28. The van der Waals surface area contributed by atoms with Crippen molar-refractivity contribution in [1.29, 1.82) is 0 Å². The van der Waals surface area contributed by atoms with Crippen molar-refractivity contribution in [2.24, 2.45) is 5.92 Å². The molecule has 0 aromatic heterocycles. The van der Waals surface area contributed by atoms with E-state index in [1.165, 1.54) is 18.2 Å². The fourth-order valence-electron chi connectivity index (χ4n) is 2.35. The highest BCUT2D eigenvalue weighted by Crippen LogP contribution is 2.34. The highest BCUT2D eigenvalue weighted by molar-refractivity contribution is 5.95. The molecule has 0 radical (unpaired) electrons. The molecule has 112 valence electrons. The van der Waals surface area contributed by atoms with Crippen LogP contribution < -0.4 is 5.32 Å². The first-order valence-corrected chi connectivity index (χ1v) is 7.02. The zero-order chi connectivity index (χ0) is 15.4. The minimum atomic E-state index is -1.10. The Morgan fingerprint density at radius 3 is 2.86 bits per heavy atom. The van der Waals surface area contributed by atoms with Gasteiger partial charge in [0.1, 0.15) is 5.82 Å². The van der Waals surface area contributed by atoms with Crippen LogP contribution in [0.1, 0.15) is 42.1 Å². The molecule has 1 saturated carbocycles. The van der Waals surface area contributed by atoms with Crippen LogP contribution >= 0.6 is 0 Å². The van der Waals surface area contributed by atoms with Crippen LogP contribution in [0.15, 0.2) is 24.3 Å². The van der Waals surface area contributed by atoms with Crippen LogP contribution in [0, 0.1) is 11.7 Å². The molecule has 1 amide bonds. The van der Waals surface area contributed by atoms with Crippen molar-refractivity contribution in [2.75, 3.05) is 0 Å². The summed E-state index contributed by atoms with van der Waals surface area (Å²) in [7, 11) is 0. The van der Waals surface area contributed by atoms with Gasteiger partial charge in [-0.25, -0.2) is 9.18 Å². The van der Waals surface area contributed by atoms with Crippen molar-refractivity contribution in [2.45, 2.75) is 32.2 Å². The Bertz CT molecular complexity index is 583. The lowest BCUT2D eigenvalue weighted by molar-refractivity contribution is -0.131. The normalized spacial score (nSPS) is 20.5. The lowest BCUT2D eigenvalue weighted by atomic mass is 10.1. The topological polar surface area (TPSA) is 66.4 Å². The molecule has 2 unspecified atom stereocenters. The summed E-state index contributed by atoms with van der Waals surface area (Å²) < 4.78 is 13.9. The monoisotopic (exact) mass is 291 g/mol. The van der Waals surface area contributed by atoms with E-state index in [-0.39, 0.29) is 11.6 Å².